The number of imidazole rings is 1. The molecule has 0 aliphatic rings. The fourth-order valence-corrected chi connectivity index (χ4v) is 3.04. The van der Waals surface area contributed by atoms with Crippen molar-refractivity contribution < 1.29 is 9.18 Å². The van der Waals surface area contributed by atoms with Gasteiger partial charge >= 0.3 is 0 Å². The van der Waals surface area contributed by atoms with E-state index >= 15 is 0 Å². The van der Waals surface area contributed by atoms with Crippen LogP contribution in [0.15, 0.2) is 54.2 Å². The second-order valence-corrected chi connectivity index (χ2v) is 6.15. The average molecular weight is 329 g/mol. The van der Waals surface area contributed by atoms with Gasteiger partial charge in [0.15, 0.2) is 0 Å². The van der Waals surface area contributed by atoms with Crippen LogP contribution in [0.3, 0.4) is 0 Å². The molecule has 0 spiro atoms. The van der Waals surface area contributed by atoms with Crippen LogP contribution in [0.4, 0.5) is 4.39 Å². The number of halogens is 1. The molecular formula is C17H16FN3OS. The summed E-state index contributed by atoms with van der Waals surface area (Å²) in [4.78, 5) is 18.9. The highest BCUT2D eigenvalue weighted by molar-refractivity contribution is 7.12. The van der Waals surface area contributed by atoms with E-state index in [1.165, 1.54) is 17.4 Å². The van der Waals surface area contributed by atoms with Crippen molar-refractivity contribution in [3.8, 4) is 0 Å². The van der Waals surface area contributed by atoms with Gasteiger partial charge in [-0.15, -0.1) is 11.3 Å². The van der Waals surface area contributed by atoms with Gasteiger partial charge in [-0.05, 0) is 17.5 Å². The summed E-state index contributed by atoms with van der Waals surface area (Å²) in [5, 5.41) is 1.88. The van der Waals surface area contributed by atoms with Crippen molar-refractivity contribution in [2.24, 2.45) is 0 Å². The normalized spacial score (nSPS) is 10.7. The molecule has 23 heavy (non-hydrogen) atoms. The van der Waals surface area contributed by atoms with Gasteiger partial charge in [-0.1, -0.05) is 24.3 Å². The third-order valence-electron chi connectivity index (χ3n) is 3.56. The van der Waals surface area contributed by atoms with E-state index in [1.54, 1.807) is 42.5 Å². The Kier molecular flexibility index (Phi) is 4.52. The van der Waals surface area contributed by atoms with Crippen LogP contribution in [0.25, 0.3) is 0 Å². The number of carbonyl (C=O) groups is 1. The Morgan fingerprint density at radius 3 is 2.87 bits per heavy atom. The zero-order chi connectivity index (χ0) is 16.2. The average Bonchev–Trinajstić information content (AvgIpc) is 3.21. The molecule has 0 saturated heterocycles. The number of benzene rings is 1. The van der Waals surface area contributed by atoms with Gasteiger partial charge in [-0.2, -0.15) is 0 Å². The first kappa shape index (κ1) is 15.4. The molecule has 6 heteroatoms. The van der Waals surface area contributed by atoms with Gasteiger partial charge in [0.25, 0.3) is 5.91 Å². The third kappa shape index (κ3) is 3.48. The fraction of sp³-hybridized carbons (Fsp3) is 0.176. The molecule has 118 valence electrons. The lowest BCUT2D eigenvalue weighted by Gasteiger charge is -2.17. The maximum absolute atomic E-state index is 13.8. The fourth-order valence-electron chi connectivity index (χ4n) is 2.32. The van der Waals surface area contributed by atoms with E-state index in [4.69, 9.17) is 0 Å². The summed E-state index contributed by atoms with van der Waals surface area (Å²) in [5.74, 6) is 0.441. The summed E-state index contributed by atoms with van der Waals surface area (Å²) in [7, 11) is 1.74. The molecule has 0 aliphatic carbocycles. The van der Waals surface area contributed by atoms with Crippen molar-refractivity contribution >= 4 is 17.2 Å². The summed E-state index contributed by atoms with van der Waals surface area (Å²) < 4.78 is 15.7. The van der Waals surface area contributed by atoms with Crippen molar-refractivity contribution in [1.82, 2.24) is 14.5 Å². The van der Waals surface area contributed by atoms with Crippen LogP contribution >= 0.6 is 11.3 Å². The number of aromatic nitrogens is 2. The van der Waals surface area contributed by atoms with Crippen LogP contribution in [0.1, 0.15) is 21.1 Å². The van der Waals surface area contributed by atoms with Gasteiger partial charge in [-0.3, -0.25) is 4.79 Å². The largest absolute Gasteiger partial charge is 0.334 e. The Balaban J connectivity index is 1.74. The van der Waals surface area contributed by atoms with Gasteiger partial charge in [0.2, 0.25) is 0 Å². The molecule has 0 fully saturated rings. The zero-order valence-corrected chi connectivity index (χ0v) is 13.5. The molecule has 2 aromatic heterocycles. The van der Waals surface area contributed by atoms with Crippen molar-refractivity contribution in [1.29, 1.82) is 0 Å². The first-order chi connectivity index (χ1) is 11.1. The molecule has 3 rings (SSSR count). The highest BCUT2D eigenvalue weighted by Gasteiger charge is 2.15. The molecule has 0 atom stereocenters. The maximum Gasteiger partial charge on any atom is 0.264 e. The SMILES string of the molecule is CN(Cc1nccn1Cc1ccccc1F)C(=O)c1cccs1. The van der Waals surface area contributed by atoms with E-state index in [2.05, 4.69) is 4.98 Å². The van der Waals surface area contributed by atoms with Gasteiger partial charge in [0.05, 0.1) is 18.0 Å². The molecule has 3 aromatic rings. The van der Waals surface area contributed by atoms with Crippen molar-refractivity contribution in [3.63, 3.8) is 0 Å². The minimum absolute atomic E-state index is 0.0413. The highest BCUT2D eigenvalue weighted by atomic mass is 32.1. The smallest absolute Gasteiger partial charge is 0.264 e. The molecule has 0 saturated carbocycles. The van der Waals surface area contributed by atoms with Crippen molar-refractivity contribution in [2.45, 2.75) is 13.1 Å². The molecule has 0 unspecified atom stereocenters. The molecule has 0 N–H and O–H groups in total. The molecule has 1 aromatic carbocycles. The number of hydrogen-bond donors (Lipinski definition) is 0. The quantitative estimate of drug-likeness (QED) is 0.719. The Bertz CT molecular complexity index is 798. The predicted octanol–water partition coefficient (Wildman–Crippen LogP) is 3.40. The summed E-state index contributed by atoms with van der Waals surface area (Å²) in [6.45, 7) is 0.765. The first-order valence-corrected chi connectivity index (χ1v) is 8.05. The third-order valence-corrected chi connectivity index (χ3v) is 4.42. The second-order valence-electron chi connectivity index (χ2n) is 5.20. The predicted molar refractivity (Wildman–Crippen MR) is 87.8 cm³/mol. The maximum atomic E-state index is 13.8. The lowest BCUT2D eigenvalue weighted by Crippen LogP contribution is -2.27. The van der Waals surface area contributed by atoms with Gasteiger partial charge in [-0.25, -0.2) is 9.37 Å². The van der Waals surface area contributed by atoms with E-state index in [1.807, 2.05) is 22.1 Å². The topological polar surface area (TPSA) is 38.1 Å². The Hall–Kier alpha value is -2.47. The number of rotatable bonds is 5. The van der Waals surface area contributed by atoms with Crippen LogP contribution in [0.5, 0.6) is 0 Å². The van der Waals surface area contributed by atoms with E-state index < -0.39 is 0 Å². The zero-order valence-electron chi connectivity index (χ0n) is 12.6. The van der Waals surface area contributed by atoms with Crippen LogP contribution in [-0.4, -0.2) is 27.4 Å². The molecule has 0 aliphatic heterocycles. The summed E-state index contributed by atoms with van der Waals surface area (Å²) in [6.07, 6.45) is 3.46. The Morgan fingerprint density at radius 1 is 1.30 bits per heavy atom. The van der Waals surface area contributed by atoms with E-state index in [0.29, 0.717) is 23.5 Å². The number of thiophene rings is 1. The van der Waals surface area contributed by atoms with Crippen LogP contribution in [0, 0.1) is 5.82 Å². The first-order valence-electron chi connectivity index (χ1n) is 7.17. The molecule has 0 radical (unpaired) electrons. The summed E-state index contributed by atoms with van der Waals surface area (Å²) >= 11 is 1.41. The number of nitrogens with zero attached hydrogens (tertiary/aromatic N) is 3. The van der Waals surface area contributed by atoms with Crippen molar-refractivity contribution in [3.05, 3.63) is 76.3 Å². The second kappa shape index (κ2) is 6.75. The molecule has 2 heterocycles. The Morgan fingerprint density at radius 2 is 2.13 bits per heavy atom. The monoisotopic (exact) mass is 329 g/mol. The molecular weight excluding hydrogens is 313 g/mol. The van der Waals surface area contributed by atoms with Crippen LogP contribution < -0.4 is 0 Å². The van der Waals surface area contributed by atoms with Gasteiger partial charge in [0.1, 0.15) is 11.6 Å². The van der Waals surface area contributed by atoms with Gasteiger partial charge in [0, 0.05) is 25.0 Å². The van der Waals surface area contributed by atoms with Crippen LogP contribution in [-0.2, 0) is 13.1 Å². The standard InChI is InChI=1S/C17H16FN3OS/c1-20(17(22)15-7-4-10-23-15)12-16-19-8-9-21(16)11-13-5-2-3-6-14(13)18/h2-10H,11-12H2,1H3. The lowest BCUT2D eigenvalue weighted by atomic mass is 10.2. The number of hydrogen-bond acceptors (Lipinski definition) is 3. The van der Waals surface area contributed by atoms with Crippen LogP contribution in [0.2, 0.25) is 0 Å². The van der Waals surface area contributed by atoms with E-state index in [-0.39, 0.29) is 11.7 Å². The molecule has 1 amide bonds. The highest BCUT2D eigenvalue weighted by Crippen LogP contribution is 2.14. The van der Waals surface area contributed by atoms with E-state index in [0.717, 1.165) is 5.82 Å². The Labute approximate surface area is 137 Å². The summed E-state index contributed by atoms with van der Waals surface area (Å²) in [6, 6.07) is 10.3. The molecule has 0 bridgehead atoms. The summed E-state index contributed by atoms with van der Waals surface area (Å²) in [5.41, 5.74) is 0.596. The lowest BCUT2D eigenvalue weighted by molar-refractivity contribution is 0.0785. The minimum Gasteiger partial charge on any atom is -0.334 e. The molecule has 4 nitrogen and oxygen atoms in total. The number of amides is 1. The minimum atomic E-state index is -0.241. The van der Waals surface area contributed by atoms with E-state index in [9.17, 15) is 9.18 Å². The van der Waals surface area contributed by atoms with Gasteiger partial charge < -0.3 is 9.47 Å². The number of carbonyl (C=O) groups excluding carboxylic acids is 1. The van der Waals surface area contributed by atoms with Crippen molar-refractivity contribution in [2.75, 3.05) is 7.05 Å².